The molecule has 0 saturated carbocycles. The number of rotatable bonds is 6. The minimum atomic E-state index is 0.226. The van der Waals surface area contributed by atoms with Crippen LogP contribution in [0.3, 0.4) is 0 Å². The van der Waals surface area contributed by atoms with Crippen LogP contribution in [-0.4, -0.2) is 24.8 Å². The minimum absolute atomic E-state index is 0.226. The molecule has 0 unspecified atom stereocenters. The lowest BCUT2D eigenvalue weighted by atomic mass is 10.1. The molecule has 0 saturated heterocycles. The molecule has 0 aromatic rings. The van der Waals surface area contributed by atoms with E-state index in [2.05, 4.69) is 46.9 Å². The molecule has 0 radical (unpaired) electrons. The van der Waals surface area contributed by atoms with Crippen molar-refractivity contribution in [3.8, 4) is 0 Å². The standard InChI is InChI=1S/C12H27NO/c1-10(2)11(3)14-9-7-8-13-12(4,5)6/h10-11,13H,7-9H2,1-6H3/t11-/m0/s1. The Balaban J connectivity index is 3.30. The highest BCUT2D eigenvalue weighted by molar-refractivity contribution is 4.69. The first-order valence-corrected chi connectivity index (χ1v) is 5.69. The molecule has 2 nitrogen and oxygen atoms in total. The highest BCUT2D eigenvalue weighted by Gasteiger charge is 2.08. The van der Waals surface area contributed by atoms with E-state index in [9.17, 15) is 0 Å². The van der Waals surface area contributed by atoms with Crippen molar-refractivity contribution in [1.82, 2.24) is 5.32 Å². The Bertz CT molecular complexity index is 138. The van der Waals surface area contributed by atoms with Gasteiger partial charge in [0.15, 0.2) is 0 Å². The highest BCUT2D eigenvalue weighted by atomic mass is 16.5. The van der Waals surface area contributed by atoms with Crippen molar-refractivity contribution in [1.29, 1.82) is 0 Å². The third kappa shape index (κ3) is 8.52. The molecule has 0 aliphatic rings. The first-order chi connectivity index (χ1) is 6.33. The van der Waals surface area contributed by atoms with Crippen LogP contribution in [0.4, 0.5) is 0 Å². The van der Waals surface area contributed by atoms with Crippen LogP contribution in [0.5, 0.6) is 0 Å². The number of hydrogen-bond donors (Lipinski definition) is 1. The summed E-state index contributed by atoms with van der Waals surface area (Å²) in [5, 5.41) is 3.44. The molecule has 0 rings (SSSR count). The van der Waals surface area contributed by atoms with E-state index >= 15 is 0 Å². The average molecular weight is 201 g/mol. The van der Waals surface area contributed by atoms with Crippen molar-refractivity contribution in [3.63, 3.8) is 0 Å². The number of hydrogen-bond acceptors (Lipinski definition) is 2. The van der Waals surface area contributed by atoms with Crippen LogP contribution < -0.4 is 5.32 Å². The Morgan fingerprint density at radius 2 is 1.71 bits per heavy atom. The molecule has 1 atom stereocenters. The van der Waals surface area contributed by atoms with Gasteiger partial charge < -0.3 is 10.1 Å². The molecule has 0 aliphatic heterocycles. The number of ether oxygens (including phenoxy) is 1. The van der Waals surface area contributed by atoms with Gasteiger partial charge in [-0.15, -0.1) is 0 Å². The zero-order chi connectivity index (χ0) is 11.2. The summed E-state index contributed by atoms with van der Waals surface area (Å²) in [6.45, 7) is 15.0. The Morgan fingerprint density at radius 3 is 2.14 bits per heavy atom. The smallest absolute Gasteiger partial charge is 0.0569 e. The van der Waals surface area contributed by atoms with E-state index in [1.165, 1.54) is 0 Å². The van der Waals surface area contributed by atoms with Gasteiger partial charge in [0.25, 0.3) is 0 Å². The molecule has 0 spiro atoms. The van der Waals surface area contributed by atoms with E-state index < -0.39 is 0 Å². The summed E-state index contributed by atoms with van der Waals surface area (Å²) in [5.41, 5.74) is 0.226. The predicted octanol–water partition coefficient (Wildman–Crippen LogP) is 2.83. The van der Waals surface area contributed by atoms with Crippen molar-refractivity contribution in [2.45, 2.75) is 59.6 Å². The highest BCUT2D eigenvalue weighted by Crippen LogP contribution is 2.05. The Morgan fingerprint density at radius 1 is 1.14 bits per heavy atom. The molecule has 0 aliphatic carbocycles. The van der Waals surface area contributed by atoms with E-state index in [-0.39, 0.29) is 5.54 Å². The maximum Gasteiger partial charge on any atom is 0.0569 e. The van der Waals surface area contributed by atoms with Gasteiger partial charge in [-0.25, -0.2) is 0 Å². The van der Waals surface area contributed by atoms with Crippen LogP contribution in [0, 0.1) is 5.92 Å². The van der Waals surface area contributed by atoms with Gasteiger partial charge in [-0.3, -0.25) is 0 Å². The van der Waals surface area contributed by atoms with Crippen molar-refractivity contribution in [2.75, 3.05) is 13.2 Å². The summed E-state index contributed by atoms with van der Waals surface area (Å²) in [5.74, 6) is 0.616. The molecule has 86 valence electrons. The largest absolute Gasteiger partial charge is 0.378 e. The van der Waals surface area contributed by atoms with E-state index in [0.717, 1.165) is 19.6 Å². The predicted molar refractivity (Wildman–Crippen MR) is 62.6 cm³/mol. The second-order valence-corrected chi connectivity index (χ2v) is 5.35. The van der Waals surface area contributed by atoms with Gasteiger partial charge in [-0.05, 0) is 46.6 Å². The monoisotopic (exact) mass is 201 g/mol. The summed E-state index contributed by atoms with van der Waals surface area (Å²) >= 11 is 0. The molecule has 1 N–H and O–H groups in total. The summed E-state index contributed by atoms with van der Waals surface area (Å²) in [4.78, 5) is 0. The van der Waals surface area contributed by atoms with E-state index in [1.54, 1.807) is 0 Å². The lowest BCUT2D eigenvalue weighted by Crippen LogP contribution is -2.36. The topological polar surface area (TPSA) is 21.3 Å². The zero-order valence-corrected chi connectivity index (χ0v) is 10.7. The summed E-state index contributed by atoms with van der Waals surface area (Å²) in [6.07, 6.45) is 1.47. The van der Waals surface area contributed by atoms with Crippen LogP contribution in [0.15, 0.2) is 0 Å². The molecule has 0 fully saturated rings. The Hall–Kier alpha value is -0.0800. The van der Waals surface area contributed by atoms with E-state index in [4.69, 9.17) is 4.74 Å². The lowest BCUT2D eigenvalue weighted by Gasteiger charge is -2.21. The van der Waals surface area contributed by atoms with Crippen molar-refractivity contribution >= 4 is 0 Å². The molecule has 0 aromatic heterocycles. The molecular formula is C12H27NO. The third-order valence-corrected chi connectivity index (χ3v) is 2.30. The van der Waals surface area contributed by atoms with Crippen LogP contribution in [0.25, 0.3) is 0 Å². The molecule has 0 bridgehead atoms. The first kappa shape index (κ1) is 13.9. The van der Waals surface area contributed by atoms with Gasteiger partial charge in [0.2, 0.25) is 0 Å². The van der Waals surface area contributed by atoms with Crippen molar-refractivity contribution < 1.29 is 4.74 Å². The van der Waals surface area contributed by atoms with Crippen LogP contribution in [0.2, 0.25) is 0 Å². The first-order valence-electron chi connectivity index (χ1n) is 5.69. The van der Waals surface area contributed by atoms with Gasteiger partial charge in [0.05, 0.1) is 6.10 Å². The Kier molecular flexibility index (Phi) is 6.38. The second kappa shape index (κ2) is 6.41. The Labute approximate surface area is 89.4 Å². The molecule has 0 amide bonds. The fourth-order valence-corrected chi connectivity index (χ4v) is 0.997. The number of nitrogens with one attached hydrogen (secondary N) is 1. The van der Waals surface area contributed by atoms with Crippen LogP contribution in [-0.2, 0) is 4.74 Å². The SMILES string of the molecule is CC(C)[C@H](C)OCCCNC(C)(C)C. The molecule has 2 heteroatoms. The lowest BCUT2D eigenvalue weighted by molar-refractivity contribution is 0.0337. The summed E-state index contributed by atoms with van der Waals surface area (Å²) < 4.78 is 5.68. The maximum atomic E-state index is 5.68. The van der Waals surface area contributed by atoms with Crippen LogP contribution >= 0.6 is 0 Å². The van der Waals surface area contributed by atoms with Crippen LogP contribution in [0.1, 0.15) is 48.0 Å². The van der Waals surface area contributed by atoms with Gasteiger partial charge in [0.1, 0.15) is 0 Å². The van der Waals surface area contributed by atoms with E-state index in [1.807, 2.05) is 0 Å². The fourth-order valence-electron chi connectivity index (χ4n) is 0.997. The van der Waals surface area contributed by atoms with Crippen molar-refractivity contribution in [2.24, 2.45) is 5.92 Å². The van der Waals surface area contributed by atoms with Gasteiger partial charge in [-0.2, -0.15) is 0 Å². The molecule has 0 heterocycles. The maximum absolute atomic E-state index is 5.68. The average Bonchev–Trinajstić information content (AvgIpc) is 2.01. The summed E-state index contributed by atoms with van der Waals surface area (Å²) in [6, 6.07) is 0. The zero-order valence-electron chi connectivity index (χ0n) is 10.7. The van der Waals surface area contributed by atoms with Gasteiger partial charge >= 0.3 is 0 Å². The van der Waals surface area contributed by atoms with Gasteiger partial charge in [-0.1, -0.05) is 13.8 Å². The summed E-state index contributed by atoms with van der Waals surface area (Å²) in [7, 11) is 0. The van der Waals surface area contributed by atoms with Crippen molar-refractivity contribution in [3.05, 3.63) is 0 Å². The molecule has 14 heavy (non-hydrogen) atoms. The molecule has 0 aromatic carbocycles. The quantitative estimate of drug-likeness (QED) is 0.667. The van der Waals surface area contributed by atoms with Gasteiger partial charge in [0, 0.05) is 12.1 Å². The second-order valence-electron chi connectivity index (χ2n) is 5.35. The minimum Gasteiger partial charge on any atom is -0.378 e. The normalized spacial score (nSPS) is 14.8. The third-order valence-electron chi connectivity index (χ3n) is 2.30. The fraction of sp³-hybridized carbons (Fsp3) is 1.00. The molecular weight excluding hydrogens is 174 g/mol. The van der Waals surface area contributed by atoms with E-state index in [0.29, 0.717) is 12.0 Å².